The SMILES string of the molecule is CC1(C)c2ccccc2C2(c3ccccc3-c3ccccc32)c2ccc(-c3ccc(N(c4ccccc4)c4ccc(-c5ccc6c7ccccc7c7ccccc7c6c5)cc4)cc3)cc21. The van der Waals surface area contributed by atoms with Gasteiger partial charge in [0.05, 0.1) is 5.41 Å². The standard InChI is InChI=1S/C64H45N/c1-63(2)59-26-14-15-27-60(59)64(57-24-12-10-22-54(57)55-23-11-13-25-58(55)64)61-39-33-45(41-62(61)63)43-30-36-48(37-31-43)65(46-16-4-3-5-17-46)47-34-28-42(29-35-47)44-32-38-53-51-20-7-6-18-49(51)50-19-8-9-21-52(50)56(53)40-44/h3-41H,1-2H3. The molecule has 2 aliphatic carbocycles. The summed E-state index contributed by atoms with van der Waals surface area (Å²) in [6.45, 7) is 4.81. The van der Waals surface area contributed by atoms with E-state index in [0.29, 0.717) is 0 Å². The molecule has 0 saturated heterocycles. The topological polar surface area (TPSA) is 3.24 Å². The molecule has 0 atom stereocenters. The van der Waals surface area contributed by atoms with E-state index in [0.717, 1.165) is 17.1 Å². The predicted octanol–water partition coefficient (Wildman–Crippen LogP) is 17.0. The normalized spacial score (nSPS) is 13.9. The lowest BCUT2D eigenvalue weighted by molar-refractivity contribution is 0.563. The van der Waals surface area contributed by atoms with Crippen LogP contribution in [0.5, 0.6) is 0 Å². The fourth-order valence-electron chi connectivity index (χ4n) is 11.7. The Hall–Kier alpha value is -8.00. The molecule has 11 aromatic rings. The first-order valence-corrected chi connectivity index (χ1v) is 22.8. The minimum absolute atomic E-state index is 0.203. The van der Waals surface area contributed by atoms with Crippen LogP contribution < -0.4 is 4.90 Å². The highest BCUT2D eigenvalue weighted by atomic mass is 15.1. The van der Waals surface area contributed by atoms with Gasteiger partial charge in [-0.3, -0.25) is 0 Å². The summed E-state index contributed by atoms with van der Waals surface area (Å²) in [4.78, 5) is 2.36. The van der Waals surface area contributed by atoms with Gasteiger partial charge in [0.1, 0.15) is 0 Å². The zero-order valence-electron chi connectivity index (χ0n) is 36.5. The van der Waals surface area contributed by atoms with E-state index in [2.05, 4.69) is 255 Å². The van der Waals surface area contributed by atoms with Crippen molar-refractivity contribution in [2.45, 2.75) is 24.7 Å². The second kappa shape index (κ2) is 14.3. The van der Waals surface area contributed by atoms with Crippen LogP contribution in [0, 0.1) is 0 Å². The minimum Gasteiger partial charge on any atom is -0.311 e. The summed E-state index contributed by atoms with van der Waals surface area (Å²) in [6, 6.07) is 88.0. The molecular formula is C64H45N. The van der Waals surface area contributed by atoms with Crippen LogP contribution in [0.1, 0.15) is 47.2 Å². The van der Waals surface area contributed by atoms with Gasteiger partial charge in [-0.25, -0.2) is 0 Å². The lowest BCUT2D eigenvalue weighted by Gasteiger charge is -2.46. The molecular weight excluding hydrogens is 783 g/mol. The summed E-state index contributed by atoms with van der Waals surface area (Å²) >= 11 is 0. The van der Waals surface area contributed by atoms with E-state index in [1.165, 1.54) is 99.1 Å². The molecule has 2 aliphatic rings. The van der Waals surface area contributed by atoms with Crippen molar-refractivity contribution < 1.29 is 0 Å². The third-order valence-electron chi connectivity index (χ3n) is 14.7. The van der Waals surface area contributed by atoms with Crippen molar-refractivity contribution in [2.24, 2.45) is 0 Å². The van der Waals surface area contributed by atoms with Gasteiger partial charge in [0, 0.05) is 22.5 Å². The summed E-state index contributed by atoms with van der Waals surface area (Å²) in [5.41, 5.74) is 18.5. The number of anilines is 3. The summed E-state index contributed by atoms with van der Waals surface area (Å²) in [5.74, 6) is 0. The van der Waals surface area contributed by atoms with Crippen LogP contribution in [0.3, 0.4) is 0 Å². The summed E-state index contributed by atoms with van der Waals surface area (Å²) in [5, 5.41) is 7.75. The zero-order chi connectivity index (χ0) is 43.3. The van der Waals surface area contributed by atoms with Crippen LogP contribution in [0.15, 0.2) is 237 Å². The Morgan fingerprint density at radius 2 is 0.646 bits per heavy atom. The lowest BCUT2D eigenvalue weighted by Crippen LogP contribution is -2.40. The Balaban J connectivity index is 0.884. The average molecular weight is 828 g/mol. The Morgan fingerprint density at radius 1 is 0.262 bits per heavy atom. The van der Waals surface area contributed by atoms with Crippen LogP contribution >= 0.6 is 0 Å². The zero-order valence-corrected chi connectivity index (χ0v) is 36.5. The number of nitrogens with zero attached hydrogens (tertiary/aromatic N) is 1. The molecule has 0 amide bonds. The van der Waals surface area contributed by atoms with E-state index in [1.54, 1.807) is 0 Å². The molecule has 306 valence electrons. The van der Waals surface area contributed by atoms with Gasteiger partial charge in [0.25, 0.3) is 0 Å². The van der Waals surface area contributed by atoms with E-state index in [4.69, 9.17) is 0 Å². The maximum Gasteiger partial charge on any atom is 0.0719 e. The number of rotatable bonds is 5. The van der Waals surface area contributed by atoms with Gasteiger partial charge in [-0.15, -0.1) is 0 Å². The first-order chi connectivity index (χ1) is 32.0. The molecule has 0 saturated carbocycles. The average Bonchev–Trinajstić information content (AvgIpc) is 3.67. The van der Waals surface area contributed by atoms with Gasteiger partial charge in [-0.1, -0.05) is 202 Å². The van der Waals surface area contributed by atoms with Crippen molar-refractivity contribution in [3.63, 3.8) is 0 Å². The predicted molar refractivity (Wildman–Crippen MR) is 274 cm³/mol. The van der Waals surface area contributed by atoms with Crippen molar-refractivity contribution in [2.75, 3.05) is 4.90 Å². The molecule has 0 unspecified atom stereocenters. The minimum atomic E-state index is -0.389. The van der Waals surface area contributed by atoms with Gasteiger partial charge < -0.3 is 4.90 Å². The second-order valence-corrected chi connectivity index (χ2v) is 18.4. The Bertz CT molecular complexity index is 3590. The van der Waals surface area contributed by atoms with Crippen molar-refractivity contribution in [3.8, 4) is 33.4 Å². The van der Waals surface area contributed by atoms with Gasteiger partial charge in [-0.05, 0) is 148 Å². The molecule has 1 nitrogen and oxygen atoms in total. The molecule has 0 radical (unpaired) electrons. The number of hydrogen-bond donors (Lipinski definition) is 0. The van der Waals surface area contributed by atoms with E-state index in [-0.39, 0.29) is 10.8 Å². The Labute approximate surface area is 380 Å². The van der Waals surface area contributed by atoms with Crippen molar-refractivity contribution in [3.05, 3.63) is 270 Å². The molecule has 13 rings (SSSR count). The summed E-state index contributed by atoms with van der Waals surface area (Å²) in [6.07, 6.45) is 0. The molecule has 65 heavy (non-hydrogen) atoms. The van der Waals surface area contributed by atoms with Crippen LogP contribution in [0.2, 0.25) is 0 Å². The maximum atomic E-state index is 2.48. The molecule has 0 aromatic heterocycles. The fraction of sp³-hybridized carbons (Fsp3) is 0.0625. The van der Waals surface area contributed by atoms with Crippen LogP contribution in [-0.2, 0) is 10.8 Å². The highest BCUT2D eigenvalue weighted by Gasteiger charge is 2.53. The fourth-order valence-corrected chi connectivity index (χ4v) is 11.7. The number of para-hydroxylation sites is 1. The monoisotopic (exact) mass is 827 g/mol. The molecule has 0 aliphatic heterocycles. The second-order valence-electron chi connectivity index (χ2n) is 18.4. The van der Waals surface area contributed by atoms with Gasteiger partial charge in [0.15, 0.2) is 0 Å². The van der Waals surface area contributed by atoms with Gasteiger partial charge >= 0.3 is 0 Å². The number of fused-ring (bicyclic) bond motifs is 15. The molecule has 1 heteroatoms. The van der Waals surface area contributed by atoms with Crippen LogP contribution in [0.4, 0.5) is 17.1 Å². The quantitative estimate of drug-likeness (QED) is 0.156. The van der Waals surface area contributed by atoms with E-state index in [1.807, 2.05) is 0 Å². The summed E-state index contributed by atoms with van der Waals surface area (Å²) < 4.78 is 0. The Morgan fingerprint density at radius 3 is 1.22 bits per heavy atom. The Kier molecular flexibility index (Phi) is 8.24. The highest BCUT2D eigenvalue weighted by molar-refractivity contribution is 6.25. The first kappa shape index (κ1) is 37.5. The first-order valence-electron chi connectivity index (χ1n) is 22.8. The largest absolute Gasteiger partial charge is 0.311 e. The third-order valence-corrected chi connectivity index (χ3v) is 14.7. The van der Waals surface area contributed by atoms with Crippen LogP contribution in [-0.4, -0.2) is 0 Å². The van der Waals surface area contributed by atoms with Gasteiger partial charge in [-0.2, -0.15) is 0 Å². The molecule has 1 spiro atoms. The van der Waals surface area contributed by atoms with Crippen molar-refractivity contribution >= 4 is 49.4 Å². The van der Waals surface area contributed by atoms with Crippen molar-refractivity contribution in [1.82, 2.24) is 0 Å². The molecule has 11 aromatic carbocycles. The molecule has 0 fully saturated rings. The molecule has 0 bridgehead atoms. The molecule has 0 N–H and O–H groups in total. The summed E-state index contributed by atoms with van der Waals surface area (Å²) in [7, 11) is 0. The van der Waals surface area contributed by atoms with Crippen molar-refractivity contribution in [1.29, 1.82) is 0 Å². The molecule has 0 heterocycles. The lowest BCUT2D eigenvalue weighted by atomic mass is 9.55. The van der Waals surface area contributed by atoms with E-state index in [9.17, 15) is 0 Å². The maximum absolute atomic E-state index is 2.48. The smallest absolute Gasteiger partial charge is 0.0719 e. The van der Waals surface area contributed by atoms with E-state index >= 15 is 0 Å². The number of benzene rings is 11. The van der Waals surface area contributed by atoms with E-state index < -0.39 is 0 Å². The van der Waals surface area contributed by atoms with Gasteiger partial charge in [0.2, 0.25) is 0 Å². The third kappa shape index (κ3) is 5.46. The number of hydrogen-bond acceptors (Lipinski definition) is 1. The van der Waals surface area contributed by atoms with Crippen LogP contribution in [0.25, 0.3) is 65.7 Å². The highest BCUT2D eigenvalue weighted by Crippen LogP contribution is 2.62.